The minimum absolute atomic E-state index is 0.0686. The number of anilines is 1. The number of para-hydroxylation sites is 1. The molecular formula is C25H33N3O3. The molecule has 0 aliphatic carbocycles. The first kappa shape index (κ1) is 21.5. The van der Waals surface area contributed by atoms with Gasteiger partial charge in [-0.15, -0.1) is 0 Å². The van der Waals surface area contributed by atoms with E-state index < -0.39 is 0 Å². The Kier molecular flexibility index (Phi) is 6.97. The van der Waals surface area contributed by atoms with Crippen LogP contribution < -0.4 is 14.4 Å². The second-order valence-electron chi connectivity index (χ2n) is 8.41. The highest BCUT2D eigenvalue weighted by atomic mass is 16.5. The molecule has 0 N–H and O–H groups in total. The molecule has 2 aromatic rings. The molecule has 31 heavy (non-hydrogen) atoms. The number of piperidine rings is 1. The lowest BCUT2D eigenvalue weighted by Crippen LogP contribution is -2.56. The fraction of sp³-hybridized carbons (Fsp3) is 0.480. The zero-order valence-corrected chi connectivity index (χ0v) is 18.6. The summed E-state index contributed by atoms with van der Waals surface area (Å²) in [6.45, 7) is 8.05. The van der Waals surface area contributed by atoms with Gasteiger partial charge in [0.05, 0.1) is 7.11 Å². The van der Waals surface area contributed by atoms with Gasteiger partial charge in [0.15, 0.2) is 6.61 Å². The molecule has 0 spiro atoms. The maximum Gasteiger partial charge on any atom is 0.260 e. The molecule has 2 aliphatic rings. The van der Waals surface area contributed by atoms with Gasteiger partial charge in [0.2, 0.25) is 0 Å². The number of carbonyl (C=O) groups is 1. The summed E-state index contributed by atoms with van der Waals surface area (Å²) in [4.78, 5) is 19.8. The van der Waals surface area contributed by atoms with Gasteiger partial charge in [0, 0.05) is 51.0 Å². The summed E-state index contributed by atoms with van der Waals surface area (Å²) < 4.78 is 10.9. The first-order chi connectivity index (χ1) is 15.1. The number of benzene rings is 2. The van der Waals surface area contributed by atoms with Crippen LogP contribution >= 0.6 is 0 Å². The maximum atomic E-state index is 12.7. The van der Waals surface area contributed by atoms with E-state index in [9.17, 15) is 4.79 Å². The average Bonchev–Trinajstić information content (AvgIpc) is 2.83. The number of hydrogen-bond donors (Lipinski definition) is 0. The number of methoxy groups -OCH3 is 1. The number of amides is 1. The Balaban J connectivity index is 1.26. The Labute approximate surface area is 185 Å². The lowest BCUT2D eigenvalue weighted by Gasteiger charge is -2.44. The number of piperazine rings is 1. The number of carbonyl (C=O) groups excluding carboxylic acids is 1. The molecule has 1 atom stereocenters. The summed E-state index contributed by atoms with van der Waals surface area (Å²) in [6, 6.07) is 16.4. The fourth-order valence-electron chi connectivity index (χ4n) is 4.63. The van der Waals surface area contributed by atoms with Crippen LogP contribution in [0, 0.1) is 6.92 Å². The Bertz CT molecular complexity index is 863. The Morgan fingerprint density at radius 1 is 0.968 bits per heavy atom. The summed E-state index contributed by atoms with van der Waals surface area (Å²) in [5.74, 6) is 1.54. The molecule has 2 aromatic carbocycles. The summed E-state index contributed by atoms with van der Waals surface area (Å²) in [6.07, 6.45) is 2.21. The second-order valence-corrected chi connectivity index (χ2v) is 8.41. The van der Waals surface area contributed by atoms with Crippen molar-refractivity contribution in [2.75, 3.05) is 57.9 Å². The van der Waals surface area contributed by atoms with Crippen LogP contribution in [0.5, 0.6) is 11.5 Å². The molecule has 2 saturated heterocycles. The number of aryl methyl sites for hydroxylation is 1. The van der Waals surface area contributed by atoms with E-state index in [1.54, 1.807) is 7.11 Å². The maximum absolute atomic E-state index is 12.7. The van der Waals surface area contributed by atoms with Crippen molar-refractivity contribution in [3.63, 3.8) is 0 Å². The molecule has 2 aliphatic heterocycles. The van der Waals surface area contributed by atoms with Crippen LogP contribution in [0.1, 0.15) is 18.4 Å². The van der Waals surface area contributed by atoms with Crippen molar-refractivity contribution in [3.8, 4) is 11.5 Å². The van der Waals surface area contributed by atoms with E-state index in [0.717, 1.165) is 57.9 Å². The molecule has 6 nitrogen and oxygen atoms in total. The summed E-state index contributed by atoms with van der Waals surface area (Å²) >= 11 is 0. The molecule has 0 bridgehead atoms. The van der Waals surface area contributed by atoms with Crippen molar-refractivity contribution in [1.29, 1.82) is 0 Å². The lowest BCUT2D eigenvalue weighted by atomic mass is 10.0. The Morgan fingerprint density at radius 3 is 2.39 bits per heavy atom. The predicted molar refractivity (Wildman–Crippen MR) is 123 cm³/mol. The van der Waals surface area contributed by atoms with Crippen LogP contribution in [0.4, 0.5) is 5.69 Å². The SMILES string of the molecule is COc1ccc(OCC(=O)N2CCC[C@H](N3CCN(c4ccccc4C)CC3)C2)cc1. The minimum Gasteiger partial charge on any atom is -0.497 e. The minimum atomic E-state index is 0.0686. The van der Waals surface area contributed by atoms with Gasteiger partial charge in [-0.3, -0.25) is 9.69 Å². The molecule has 0 aromatic heterocycles. The van der Waals surface area contributed by atoms with E-state index >= 15 is 0 Å². The number of hydrogen-bond acceptors (Lipinski definition) is 5. The highest BCUT2D eigenvalue weighted by Gasteiger charge is 2.30. The number of nitrogens with zero attached hydrogens (tertiary/aromatic N) is 3. The van der Waals surface area contributed by atoms with Crippen molar-refractivity contribution in [2.24, 2.45) is 0 Å². The molecular weight excluding hydrogens is 390 g/mol. The van der Waals surface area contributed by atoms with E-state index in [2.05, 4.69) is 41.0 Å². The Hall–Kier alpha value is -2.73. The van der Waals surface area contributed by atoms with Gasteiger partial charge >= 0.3 is 0 Å². The number of ether oxygens (including phenoxy) is 2. The van der Waals surface area contributed by atoms with Gasteiger partial charge in [-0.2, -0.15) is 0 Å². The van der Waals surface area contributed by atoms with Crippen molar-refractivity contribution in [2.45, 2.75) is 25.8 Å². The smallest absolute Gasteiger partial charge is 0.260 e. The van der Waals surface area contributed by atoms with Gasteiger partial charge in [0.25, 0.3) is 5.91 Å². The highest BCUT2D eigenvalue weighted by Crippen LogP contribution is 2.24. The molecule has 0 radical (unpaired) electrons. The molecule has 2 fully saturated rings. The third-order valence-electron chi connectivity index (χ3n) is 6.46. The monoisotopic (exact) mass is 423 g/mol. The topological polar surface area (TPSA) is 45.3 Å². The number of rotatable bonds is 6. The van der Waals surface area contributed by atoms with E-state index in [4.69, 9.17) is 9.47 Å². The summed E-state index contributed by atoms with van der Waals surface area (Å²) in [7, 11) is 1.63. The first-order valence-corrected chi connectivity index (χ1v) is 11.2. The van der Waals surface area contributed by atoms with Crippen LogP contribution in [0.25, 0.3) is 0 Å². The van der Waals surface area contributed by atoms with Gasteiger partial charge in [-0.05, 0) is 55.7 Å². The van der Waals surface area contributed by atoms with E-state index in [0.29, 0.717) is 11.8 Å². The number of likely N-dealkylation sites (tertiary alicyclic amines) is 1. The zero-order valence-electron chi connectivity index (χ0n) is 18.6. The van der Waals surface area contributed by atoms with Crippen molar-refractivity contribution in [3.05, 3.63) is 54.1 Å². The van der Waals surface area contributed by atoms with Crippen LogP contribution in [0.15, 0.2) is 48.5 Å². The van der Waals surface area contributed by atoms with E-state index in [1.807, 2.05) is 29.2 Å². The standard InChI is InChI=1S/C25H33N3O3/c1-20-6-3-4-8-24(20)27-16-14-26(15-17-27)21-7-5-13-28(18-21)25(29)19-31-23-11-9-22(30-2)10-12-23/h3-4,6,8-12,21H,5,7,13-19H2,1-2H3/t21-/m0/s1. The summed E-state index contributed by atoms with van der Waals surface area (Å²) in [5.41, 5.74) is 2.68. The van der Waals surface area contributed by atoms with Gasteiger partial charge in [0.1, 0.15) is 11.5 Å². The van der Waals surface area contributed by atoms with Crippen molar-refractivity contribution in [1.82, 2.24) is 9.80 Å². The van der Waals surface area contributed by atoms with Crippen molar-refractivity contribution >= 4 is 11.6 Å². The largest absolute Gasteiger partial charge is 0.497 e. The third-order valence-corrected chi connectivity index (χ3v) is 6.46. The van der Waals surface area contributed by atoms with Gasteiger partial charge in [-0.25, -0.2) is 0 Å². The van der Waals surface area contributed by atoms with Crippen LogP contribution in [-0.2, 0) is 4.79 Å². The molecule has 1 amide bonds. The molecule has 0 saturated carbocycles. The van der Waals surface area contributed by atoms with E-state index in [-0.39, 0.29) is 12.5 Å². The van der Waals surface area contributed by atoms with Crippen LogP contribution in [0.3, 0.4) is 0 Å². The summed E-state index contributed by atoms with van der Waals surface area (Å²) in [5, 5.41) is 0. The third kappa shape index (κ3) is 5.31. The molecule has 0 unspecified atom stereocenters. The van der Waals surface area contributed by atoms with Gasteiger partial charge in [-0.1, -0.05) is 18.2 Å². The molecule has 4 rings (SSSR count). The zero-order chi connectivity index (χ0) is 21.6. The predicted octanol–water partition coefficient (Wildman–Crippen LogP) is 3.20. The van der Waals surface area contributed by atoms with Crippen molar-refractivity contribution < 1.29 is 14.3 Å². The highest BCUT2D eigenvalue weighted by molar-refractivity contribution is 5.78. The quantitative estimate of drug-likeness (QED) is 0.714. The van der Waals surface area contributed by atoms with E-state index in [1.165, 1.54) is 11.3 Å². The lowest BCUT2D eigenvalue weighted by molar-refractivity contribution is -0.135. The molecule has 2 heterocycles. The van der Waals surface area contributed by atoms with Crippen LogP contribution in [-0.4, -0.2) is 74.7 Å². The van der Waals surface area contributed by atoms with Crippen LogP contribution in [0.2, 0.25) is 0 Å². The fourth-order valence-corrected chi connectivity index (χ4v) is 4.63. The Morgan fingerprint density at radius 2 is 1.68 bits per heavy atom. The molecule has 6 heteroatoms. The first-order valence-electron chi connectivity index (χ1n) is 11.2. The van der Waals surface area contributed by atoms with Gasteiger partial charge < -0.3 is 19.3 Å². The molecule has 166 valence electrons. The average molecular weight is 424 g/mol. The normalized spacial score (nSPS) is 19.9. The second kappa shape index (κ2) is 10.1.